The Bertz CT molecular complexity index is 844. The molecule has 0 spiro atoms. The first kappa shape index (κ1) is 26.1. The van der Waals surface area contributed by atoms with Crippen LogP contribution < -0.4 is 0 Å². The summed E-state index contributed by atoms with van der Waals surface area (Å²) >= 11 is 5.99. The first-order valence-corrected chi connectivity index (χ1v) is 10.0. The fraction of sp³-hybridized carbons (Fsp3) is 0.667. The quantitative estimate of drug-likeness (QED) is 0.0818. The Kier molecular flexibility index (Phi) is 7.32. The van der Waals surface area contributed by atoms with Gasteiger partial charge < -0.3 is 55.1 Å². The summed E-state index contributed by atoms with van der Waals surface area (Å²) in [6.45, 7) is -1.98. The zero-order chi connectivity index (χ0) is 24.8. The lowest BCUT2D eigenvalue weighted by Crippen LogP contribution is -2.79. The van der Waals surface area contributed by atoms with Crippen LogP contribution in [0.4, 0.5) is 0 Å². The second kappa shape index (κ2) is 9.26. The van der Waals surface area contributed by atoms with Gasteiger partial charge in [-0.25, -0.2) is 0 Å². The summed E-state index contributed by atoms with van der Waals surface area (Å²) in [5, 5.41) is 90.5. The summed E-state index contributed by atoms with van der Waals surface area (Å²) in [6, 6.07) is 6.62. The molecule has 14 nitrogen and oxygen atoms in total. The molecule has 10 atom stereocenters. The fourth-order valence-electron chi connectivity index (χ4n) is 3.84. The van der Waals surface area contributed by atoms with E-state index >= 15 is 0 Å². The lowest BCUT2D eigenvalue weighted by atomic mass is 9.82. The van der Waals surface area contributed by atoms with Crippen LogP contribution in [-0.4, -0.2) is 113 Å². The molecule has 2 fully saturated rings. The van der Waals surface area contributed by atoms with Crippen molar-refractivity contribution in [1.29, 1.82) is 0 Å². The summed E-state index contributed by atoms with van der Waals surface area (Å²) in [6.07, 6.45) is -13.7. The Hall–Kier alpha value is -1.53. The smallest absolute Gasteiger partial charge is 0.394 e. The largest absolute Gasteiger partial charge is 0.400 e. The molecule has 3 rings (SSSR count). The maximum absolute atomic E-state index is 12.0. The molecule has 0 bridgehead atoms. The Balaban J connectivity index is 2.06. The van der Waals surface area contributed by atoms with Crippen molar-refractivity contribution in [3.8, 4) is 0 Å². The second-order valence-electron chi connectivity index (χ2n) is 7.71. The summed E-state index contributed by atoms with van der Waals surface area (Å²) in [7, 11) is 0. The first-order valence-electron chi connectivity index (χ1n) is 9.67. The van der Waals surface area contributed by atoms with E-state index in [9.17, 15) is 51.0 Å². The summed E-state index contributed by atoms with van der Waals surface area (Å²) < 4.78 is 15.7. The van der Waals surface area contributed by atoms with Gasteiger partial charge in [0.05, 0.1) is 18.1 Å². The van der Waals surface area contributed by atoms with E-state index in [1.165, 1.54) is 30.3 Å². The van der Waals surface area contributed by atoms with Gasteiger partial charge in [0, 0.05) is 5.56 Å². The molecule has 1 aromatic carbocycles. The number of halogens is 1. The predicted octanol–water partition coefficient (Wildman–Crippen LogP) is -3.70. The van der Waals surface area contributed by atoms with Crippen LogP contribution in [0, 0.1) is 10.1 Å². The molecule has 186 valence electrons. The maximum Gasteiger partial charge on any atom is 0.400 e. The van der Waals surface area contributed by atoms with Crippen LogP contribution in [0.5, 0.6) is 0 Å². The summed E-state index contributed by atoms with van der Waals surface area (Å²) in [4.78, 5) is 10.5. The zero-order valence-corrected chi connectivity index (χ0v) is 17.5. The van der Waals surface area contributed by atoms with E-state index in [2.05, 4.69) is 0 Å². The van der Waals surface area contributed by atoms with Crippen LogP contribution in [0.15, 0.2) is 30.3 Å². The standard InChI is InChI=1S/C18H24ClNO13/c19-18(28)16(26,20(29)30)14(32-15-13(25)12(24)11(23)9(6-21)31-15)10(7-22)33-17(18,27)8-4-2-1-3-5-8/h1-5,9-15,21-28H,6-7H2/t9-,10-,11+,12+,13-,14-,15+,16+,17-,18-/m1/s1. The minimum atomic E-state index is -3.80. The molecule has 33 heavy (non-hydrogen) atoms. The number of alkyl halides is 1. The van der Waals surface area contributed by atoms with Crippen molar-refractivity contribution in [1.82, 2.24) is 0 Å². The second-order valence-corrected chi connectivity index (χ2v) is 8.26. The van der Waals surface area contributed by atoms with Gasteiger partial charge in [-0.15, -0.1) is 0 Å². The fourth-order valence-corrected chi connectivity index (χ4v) is 4.17. The van der Waals surface area contributed by atoms with Crippen molar-refractivity contribution in [3.05, 3.63) is 46.0 Å². The normalized spacial score (nSPS) is 46.2. The highest BCUT2D eigenvalue weighted by Gasteiger charge is 2.81. The van der Waals surface area contributed by atoms with E-state index < -0.39 is 77.6 Å². The lowest BCUT2D eigenvalue weighted by Gasteiger charge is -2.53. The van der Waals surface area contributed by atoms with Crippen LogP contribution in [0.25, 0.3) is 0 Å². The SMILES string of the molecule is O=[N+]([O-])[C@]1(O)[C@H](O[C@@H]2O[C@H](CO)[C@H](O)[C@H](O)[C@H]2O)[C@@H](CO)O[C@](O)(c2ccccc2)[C@@]1(O)Cl. The molecule has 0 aromatic heterocycles. The molecular weight excluding hydrogens is 474 g/mol. The Morgan fingerprint density at radius 3 is 2.09 bits per heavy atom. The predicted molar refractivity (Wildman–Crippen MR) is 104 cm³/mol. The molecule has 15 heteroatoms. The van der Waals surface area contributed by atoms with E-state index in [0.29, 0.717) is 0 Å². The number of rotatable bonds is 6. The highest BCUT2D eigenvalue weighted by atomic mass is 35.5. The van der Waals surface area contributed by atoms with Gasteiger partial charge in [-0.1, -0.05) is 41.9 Å². The van der Waals surface area contributed by atoms with Crippen molar-refractivity contribution < 1.29 is 60.0 Å². The van der Waals surface area contributed by atoms with Gasteiger partial charge in [-0.2, -0.15) is 0 Å². The van der Waals surface area contributed by atoms with E-state index in [0.717, 1.165) is 0 Å². The molecule has 1 aromatic rings. The van der Waals surface area contributed by atoms with Crippen molar-refractivity contribution in [3.63, 3.8) is 0 Å². The Morgan fingerprint density at radius 2 is 1.58 bits per heavy atom. The zero-order valence-electron chi connectivity index (χ0n) is 16.8. The van der Waals surface area contributed by atoms with Gasteiger partial charge in [0.25, 0.3) is 5.06 Å². The average Bonchev–Trinajstić information content (AvgIpc) is 2.79. The molecule has 0 unspecified atom stereocenters. The molecule has 0 amide bonds. The monoisotopic (exact) mass is 497 g/mol. The van der Waals surface area contributed by atoms with Gasteiger partial charge in [0.15, 0.2) is 12.4 Å². The number of hydrogen-bond donors (Lipinski definition) is 8. The number of nitro groups is 1. The van der Waals surface area contributed by atoms with Crippen molar-refractivity contribution in [2.45, 2.75) is 59.5 Å². The molecule has 2 saturated heterocycles. The molecule has 0 radical (unpaired) electrons. The third-order valence-corrected chi connectivity index (χ3v) is 6.28. The van der Waals surface area contributed by atoms with Crippen LogP contribution in [0.1, 0.15) is 5.56 Å². The molecule has 2 aliphatic rings. The van der Waals surface area contributed by atoms with Crippen molar-refractivity contribution >= 4 is 11.6 Å². The van der Waals surface area contributed by atoms with E-state index in [4.69, 9.17) is 25.8 Å². The summed E-state index contributed by atoms with van der Waals surface area (Å²) in [5.41, 5.74) is -4.11. The topological polar surface area (TPSA) is 233 Å². The summed E-state index contributed by atoms with van der Waals surface area (Å²) in [5.74, 6) is -3.14. The number of aliphatic hydroxyl groups is 8. The number of aliphatic hydroxyl groups excluding tert-OH is 5. The number of hydrogen-bond acceptors (Lipinski definition) is 13. The van der Waals surface area contributed by atoms with Crippen LogP contribution in [-0.2, 0) is 20.0 Å². The molecule has 2 heterocycles. The van der Waals surface area contributed by atoms with Crippen LogP contribution in [0.2, 0.25) is 0 Å². The van der Waals surface area contributed by atoms with Gasteiger partial charge in [-0.05, 0) is 0 Å². The van der Waals surface area contributed by atoms with Crippen molar-refractivity contribution in [2.24, 2.45) is 0 Å². The minimum absolute atomic E-state index is 0.312. The Morgan fingerprint density at radius 1 is 1.00 bits per heavy atom. The van der Waals surface area contributed by atoms with Crippen LogP contribution >= 0.6 is 11.6 Å². The van der Waals surface area contributed by atoms with Gasteiger partial charge in [0.1, 0.15) is 30.5 Å². The van der Waals surface area contributed by atoms with E-state index in [1.807, 2.05) is 0 Å². The molecule has 2 aliphatic heterocycles. The number of nitrogens with zero attached hydrogens (tertiary/aromatic N) is 1. The van der Waals surface area contributed by atoms with Crippen LogP contribution in [0.3, 0.4) is 0 Å². The van der Waals surface area contributed by atoms with E-state index in [-0.39, 0.29) is 5.56 Å². The third-order valence-electron chi connectivity index (χ3n) is 5.75. The van der Waals surface area contributed by atoms with Crippen molar-refractivity contribution in [2.75, 3.05) is 13.2 Å². The highest BCUT2D eigenvalue weighted by Crippen LogP contribution is 2.52. The number of ether oxygens (including phenoxy) is 3. The lowest BCUT2D eigenvalue weighted by molar-refractivity contribution is -0.684. The molecule has 0 saturated carbocycles. The first-order chi connectivity index (χ1) is 15.4. The minimum Gasteiger partial charge on any atom is -0.394 e. The molecular formula is C18H24ClNO13. The third kappa shape index (κ3) is 3.91. The van der Waals surface area contributed by atoms with Gasteiger partial charge in [-0.3, -0.25) is 10.1 Å². The highest BCUT2D eigenvalue weighted by molar-refractivity contribution is 6.24. The molecule has 0 aliphatic carbocycles. The van der Waals surface area contributed by atoms with Gasteiger partial charge in [0.2, 0.25) is 5.79 Å². The number of benzene rings is 1. The average molecular weight is 498 g/mol. The maximum atomic E-state index is 12.0. The Labute approximate surface area is 190 Å². The van der Waals surface area contributed by atoms with E-state index in [1.54, 1.807) is 0 Å². The van der Waals surface area contributed by atoms with Gasteiger partial charge >= 0.3 is 5.72 Å². The molecule has 8 N–H and O–H groups in total.